The summed E-state index contributed by atoms with van der Waals surface area (Å²) in [5, 5.41) is 0. The Balaban J connectivity index is 1.69. The lowest BCUT2D eigenvalue weighted by molar-refractivity contribution is -0.140. The van der Waals surface area contributed by atoms with Gasteiger partial charge in [-0.25, -0.2) is 4.98 Å². The zero-order valence-electron chi connectivity index (χ0n) is 18.6. The molecule has 2 amide bonds. The molecule has 0 radical (unpaired) electrons. The van der Waals surface area contributed by atoms with E-state index in [1.165, 1.54) is 0 Å². The van der Waals surface area contributed by atoms with Crippen molar-refractivity contribution in [3.05, 3.63) is 41.6 Å². The third-order valence-electron chi connectivity index (χ3n) is 5.51. The Labute approximate surface area is 187 Å². The topological polar surface area (TPSA) is 150 Å². The average Bonchev–Trinajstić information content (AvgIpc) is 2.76. The molecule has 1 unspecified atom stereocenters. The number of carbonyl (C=O) groups is 2. The summed E-state index contributed by atoms with van der Waals surface area (Å²) in [5.41, 5.74) is 19.3. The van der Waals surface area contributed by atoms with Crippen molar-refractivity contribution in [2.75, 3.05) is 43.1 Å². The van der Waals surface area contributed by atoms with E-state index in [9.17, 15) is 9.59 Å². The Kier molecular flexibility index (Phi) is 7.04. The van der Waals surface area contributed by atoms with Gasteiger partial charge >= 0.3 is 0 Å². The molecule has 1 fully saturated rings. The first-order chi connectivity index (χ1) is 15.2. The van der Waals surface area contributed by atoms with Gasteiger partial charge in [0.25, 0.3) is 5.91 Å². The van der Waals surface area contributed by atoms with Crippen molar-refractivity contribution in [1.82, 2.24) is 9.88 Å². The second kappa shape index (κ2) is 9.73. The van der Waals surface area contributed by atoms with Crippen molar-refractivity contribution in [3.63, 3.8) is 0 Å². The van der Waals surface area contributed by atoms with Gasteiger partial charge in [0.1, 0.15) is 5.75 Å². The first-order valence-electron chi connectivity index (χ1n) is 10.4. The molecule has 0 saturated carbocycles. The number of pyridine rings is 1. The highest BCUT2D eigenvalue weighted by molar-refractivity contribution is 5.93. The zero-order chi connectivity index (χ0) is 23.4. The minimum atomic E-state index is -0.727. The molecular formula is C22H30N6O4. The second-order valence-corrected chi connectivity index (χ2v) is 7.84. The maximum absolute atomic E-state index is 13.1. The van der Waals surface area contributed by atoms with Crippen LogP contribution in [0, 0.1) is 0 Å². The number of hydrogen-bond acceptors (Lipinski definition) is 8. The molecule has 1 aliphatic heterocycles. The zero-order valence-corrected chi connectivity index (χ0v) is 18.6. The third kappa shape index (κ3) is 4.86. The second-order valence-electron chi connectivity index (χ2n) is 7.84. The molecule has 1 aliphatic rings. The number of piperazine rings is 1. The van der Waals surface area contributed by atoms with Crippen LogP contribution in [0.3, 0.4) is 0 Å². The van der Waals surface area contributed by atoms with Gasteiger partial charge in [0.15, 0.2) is 11.9 Å². The van der Waals surface area contributed by atoms with Gasteiger partial charge < -0.3 is 36.5 Å². The van der Waals surface area contributed by atoms with Crippen LogP contribution in [0.2, 0.25) is 0 Å². The number of rotatable bonds is 7. The fourth-order valence-electron chi connectivity index (χ4n) is 3.80. The Morgan fingerprint density at radius 2 is 2.00 bits per heavy atom. The van der Waals surface area contributed by atoms with Gasteiger partial charge in [0.05, 0.1) is 18.0 Å². The number of methoxy groups -OCH3 is 1. The van der Waals surface area contributed by atoms with E-state index in [1.807, 2.05) is 11.8 Å². The van der Waals surface area contributed by atoms with Crippen molar-refractivity contribution in [2.45, 2.75) is 32.6 Å². The van der Waals surface area contributed by atoms with E-state index in [0.29, 0.717) is 53.7 Å². The molecule has 2 atom stereocenters. The Hall–Kier alpha value is -3.53. The van der Waals surface area contributed by atoms with Crippen LogP contribution in [-0.2, 0) is 16.1 Å². The lowest BCUT2D eigenvalue weighted by Crippen LogP contribution is -2.57. The molecule has 1 aromatic carbocycles. The van der Waals surface area contributed by atoms with Crippen LogP contribution in [0.15, 0.2) is 30.5 Å². The van der Waals surface area contributed by atoms with Gasteiger partial charge in [-0.3, -0.25) is 9.59 Å². The van der Waals surface area contributed by atoms with Gasteiger partial charge in [0, 0.05) is 50.1 Å². The molecule has 10 heteroatoms. The van der Waals surface area contributed by atoms with Crippen molar-refractivity contribution in [1.29, 1.82) is 0 Å². The van der Waals surface area contributed by atoms with Gasteiger partial charge in [-0.05, 0) is 38.1 Å². The first kappa shape index (κ1) is 23.1. The number of ether oxygens (including phenoxy) is 2. The van der Waals surface area contributed by atoms with Crippen LogP contribution in [0.1, 0.15) is 29.8 Å². The maximum Gasteiger partial charge on any atom is 0.263 e. The van der Waals surface area contributed by atoms with Crippen LogP contribution in [0.25, 0.3) is 0 Å². The van der Waals surface area contributed by atoms with E-state index in [1.54, 1.807) is 49.4 Å². The summed E-state index contributed by atoms with van der Waals surface area (Å²) in [6, 6.07) is 6.39. The fourth-order valence-corrected chi connectivity index (χ4v) is 3.80. The largest absolute Gasteiger partial charge is 0.481 e. The van der Waals surface area contributed by atoms with Crippen LogP contribution in [0.5, 0.6) is 5.75 Å². The monoisotopic (exact) mass is 442 g/mol. The third-order valence-corrected chi connectivity index (χ3v) is 5.51. The number of hydrogen-bond donors (Lipinski definition) is 3. The van der Waals surface area contributed by atoms with Gasteiger partial charge in [-0.1, -0.05) is 0 Å². The summed E-state index contributed by atoms with van der Waals surface area (Å²) >= 11 is 0. The molecule has 3 rings (SSSR count). The summed E-state index contributed by atoms with van der Waals surface area (Å²) in [6.45, 7) is 5.54. The Morgan fingerprint density at radius 3 is 2.66 bits per heavy atom. The molecule has 0 aliphatic carbocycles. The molecule has 2 aromatic rings. The summed E-state index contributed by atoms with van der Waals surface area (Å²) in [6.07, 6.45) is 0.898. The SMILES string of the molecule is COCc1cc(C(N)=O)ccc1O[C@@H](C)C(=O)N1CCN(c2nccc(N)c2N)CC1C. The number of benzene rings is 1. The van der Waals surface area contributed by atoms with Crippen LogP contribution < -0.4 is 26.8 Å². The van der Waals surface area contributed by atoms with E-state index < -0.39 is 12.0 Å². The number of carbonyl (C=O) groups excluding carboxylic acids is 2. The molecule has 2 heterocycles. The standard InChI is InChI=1S/C22H30N6O4/c1-13-11-27(21-19(24)17(23)6-7-26-21)8-9-28(13)22(30)14(2)32-18-5-4-15(20(25)29)10-16(18)12-31-3/h4-7,10,13-14H,8-9,11-12,24H2,1-3H3,(H2,23,26)(H2,25,29)/t13?,14-/m0/s1. The quantitative estimate of drug-likeness (QED) is 0.575. The lowest BCUT2D eigenvalue weighted by atomic mass is 10.1. The lowest BCUT2D eigenvalue weighted by Gasteiger charge is -2.41. The summed E-state index contributed by atoms with van der Waals surface area (Å²) < 4.78 is 11.1. The van der Waals surface area contributed by atoms with Crippen LogP contribution in [0.4, 0.5) is 17.2 Å². The average molecular weight is 443 g/mol. The Bertz CT molecular complexity index is 998. The predicted molar refractivity (Wildman–Crippen MR) is 122 cm³/mol. The number of nitrogens with two attached hydrogens (primary N) is 3. The Morgan fingerprint density at radius 1 is 1.25 bits per heavy atom. The molecule has 172 valence electrons. The highest BCUT2D eigenvalue weighted by atomic mass is 16.5. The van der Waals surface area contributed by atoms with E-state index in [-0.39, 0.29) is 18.6 Å². The van der Waals surface area contributed by atoms with Crippen molar-refractivity contribution >= 4 is 29.0 Å². The number of aromatic nitrogens is 1. The molecule has 32 heavy (non-hydrogen) atoms. The highest BCUT2D eigenvalue weighted by Gasteiger charge is 2.32. The number of amides is 2. The predicted octanol–water partition coefficient (Wildman–Crippen LogP) is 0.996. The van der Waals surface area contributed by atoms with Crippen molar-refractivity contribution in [3.8, 4) is 5.75 Å². The van der Waals surface area contributed by atoms with Crippen LogP contribution in [-0.4, -0.2) is 60.6 Å². The van der Waals surface area contributed by atoms with E-state index in [2.05, 4.69) is 4.98 Å². The molecule has 0 spiro atoms. The van der Waals surface area contributed by atoms with Crippen molar-refractivity contribution in [2.24, 2.45) is 5.73 Å². The van der Waals surface area contributed by atoms with Crippen LogP contribution >= 0.6 is 0 Å². The normalized spacial score (nSPS) is 17.2. The van der Waals surface area contributed by atoms with E-state index >= 15 is 0 Å². The van der Waals surface area contributed by atoms with Gasteiger partial charge in [-0.2, -0.15) is 0 Å². The molecule has 1 saturated heterocycles. The minimum Gasteiger partial charge on any atom is -0.481 e. The smallest absolute Gasteiger partial charge is 0.263 e. The summed E-state index contributed by atoms with van der Waals surface area (Å²) in [4.78, 5) is 32.8. The van der Waals surface area contributed by atoms with Crippen molar-refractivity contribution < 1.29 is 19.1 Å². The minimum absolute atomic E-state index is 0.0828. The fraction of sp³-hybridized carbons (Fsp3) is 0.409. The maximum atomic E-state index is 13.1. The number of primary amides is 1. The highest BCUT2D eigenvalue weighted by Crippen LogP contribution is 2.28. The van der Waals surface area contributed by atoms with E-state index in [0.717, 1.165) is 0 Å². The molecule has 6 N–H and O–H groups in total. The first-order valence-corrected chi connectivity index (χ1v) is 10.4. The molecule has 1 aromatic heterocycles. The molecule has 0 bridgehead atoms. The van der Waals surface area contributed by atoms with Gasteiger partial charge in [0.2, 0.25) is 5.91 Å². The van der Waals surface area contributed by atoms with Gasteiger partial charge in [-0.15, -0.1) is 0 Å². The summed E-state index contributed by atoms with van der Waals surface area (Å²) in [7, 11) is 1.54. The summed E-state index contributed by atoms with van der Waals surface area (Å²) in [5.74, 6) is 0.431. The number of anilines is 3. The van der Waals surface area contributed by atoms with E-state index in [4.69, 9.17) is 26.7 Å². The molecule has 10 nitrogen and oxygen atoms in total. The number of nitrogen functional groups attached to an aromatic ring is 2. The number of nitrogens with zero attached hydrogens (tertiary/aromatic N) is 3. The molecular weight excluding hydrogens is 412 g/mol.